The van der Waals surface area contributed by atoms with Gasteiger partial charge in [-0.25, -0.2) is 9.59 Å². The number of hydrogen-bond donors (Lipinski definition) is 2. The molecule has 0 aromatic heterocycles. The summed E-state index contributed by atoms with van der Waals surface area (Å²) >= 11 is 9.04. The molecule has 0 heterocycles. The third kappa shape index (κ3) is 5.18. The first kappa shape index (κ1) is 16.5. The van der Waals surface area contributed by atoms with E-state index in [1.807, 2.05) is 5.32 Å². The third-order valence-corrected chi connectivity index (χ3v) is 2.90. The zero-order chi connectivity index (χ0) is 15.1. The summed E-state index contributed by atoms with van der Waals surface area (Å²) < 4.78 is 5.42. The Bertz CT molecular complexity index is 536. The molecule has 1 aromatic rings. The highest BCUT2D eigenvalue weighted by molar-refractivity contribution is 9.10. The van der Waals surface area contributed by atoms with Gasteiger partial charge < -0.3 is 10.1 Å². The van der Waals surface area contributed by atoms with Crippen LogP contribution in [0, 0.1) is 0 Å². The highest BCUT2D eigenvalue weighted by atomic mass is 79.9. The van der Waals surface area contributed by atoms with E-state index in [0.717, 1.165) is 0 Å². The molecule has 3 amide bonds. The Balaban J connectivity index is 2.53. The zero-order valence-electron chi connectivity index (χ0n) is 10.5. The molecule has 0 spiro atoms. The SMILES string of the molecule is CCNC(=O)NC(=O)COC(=O)c1cc(Br)ccc1Cl. The molecular weight excluding hydrogens is 351 g/mol. The molecule has 20 heavy (non-hydrogen) atoms. The molecule has 1 rings (SSSR count). The molecule has 0 bridgehead atoms. The van der Waals surface area contributed by atoms with Crippen molar-refractivity contribution in [3.05, 3.63) is 33.3 Å². The number of amides is 3. The third-order valence-electron chi connectivity index (χ3n) is 2.07. The van der Waals surface area contributed by atoms with Gasteiger partial charge in [0.25, 0.3) is 5.91 Å². The predicted octanol–water partition coefficient (Wildman–Crippen LogP) is 2.10. The number of esters is 1. The molecule has 0 saturated heterocycles. The molecule has 0 unspecified atom stereocenters. The van der Waals surface area contributed by atoms with Crippen molar-refractivity contribution in [1.82, 2.24) is 10.6 Å². The van der Waals surface area contributed by atoms with Gasteiger partial charge >= 0.3 is 12.0 Å². The zero-order valence-corrected chi connectivity index (χ0v) is 12.9. The van der Waals surface area contributed by atoms with E-state index in [1.165, 1.54) is 12.1 Å². The Kier molecular flexibility index (Phi) is 6.47. The second-order valence-corrected chi connectivity index (χ2v) is 4.93. The fourth-order valence-electron chi connectivity index (χ4n) is 1.23. The van der Waals surface area contributed by atoms with Crippen LogP contribution in [0.5, 0.6) is 0 Å². The van der Waals surface area contributed by atoms with E-state index in [2.05, 4.69) is 21.2 Å². The number of carbonyl (C=O) groups is 3. The second-order valence-electron chi connectivity index (χ2n) is 3.61. The average Bonchev–Trinajstić information content (AvgIpc) is 2.39. The largest absolute Gasteiger partial charge is 0.452 e. The van der Waals surface area contributed by atoms with E-state index in [-0.39, 0.29) is 10.6 Å². The van der Waals surface area contributed by atoms with Crippen LogP contribution in [-0.4, -0.2) is 31.1 Å². The van der Waals surface area contributed by atoms with Crippen LogP contribution in [0.3, 0.4) is 0 Å². The molecule has 0 radical (unpaired) electrons. The summed E-state index contributed by atoms with van der Waals surface area (Å²) in [5.41, 5.74) is 0.131. The van der Waals surface area contributed by atoms with Crippen LogP contribution < -0.4 is 10.6 Å². The maximum absolute atomic E-state index is 11.7. The molecule has 0 atom stereocenters. The Labute approximate surface area is 128 Å². The first-order valence-corrected chi connectivity index (χ1v) is 6.81. The van der Waals surface area contributed by atoms with Crippen molar-refractivity contribution in [3.8, 4) is 0 Å². The first-order chi connectivity index (χ1) is 9.43. The van der Waals surface area contributed by atoms with Crippen LogP contribution in [0.2, 0.25) is 5.02 Å². The van der Waals surface area contributed by atoms with Crippen molar-refractivity contribution in [2.24, 2.45) is 0 Å². The van der Waals surface area contributed by atoms with Gasteiger partial charge in [0.05, 0.1) is 10.6 Å². The van der Waals surface area contributed by atoms with Crippen molar-refractivity contribution in [2.75, 3.05) is 13.2 Å². The van der Waals surface area contributed by atoms with Gasteiger partial charge in [-0.05, 0) is 25.1 Å². The van der Waals surface area contributed by atoms with Crippen molar-refractivity contribution in [2.45, 2.75) is 6.92 Å². The lowest BCUT2D eigenvalue weighted by molar-refractivity contribution is -0.123. The summed E-state index contributed by atoms with van der Waals surface area (Å²) in [6, 6.07) is 4.03. The van der Waals surface area contributed by atoms with Crippen molar-refractivity contribution < 1.29 is 19.1 Å². The van der Waals surface area contributed by atoms with Crippen LogP contribution in [0.15, 0.2) is 22.7 Å². The number of urea groups is 1. The van der Waals surface area contributed by atoms with Gasteiger partial charge in [0.2, 0.25) is 0 Å². The molecule has 0 aliphatic carbocycles. The van der Waals surface area contributed by atoms with E-state index >= 15 is 0 Å². The highest BCUT2D eigenvalue weighted by Crippen LogP contribution is 2.21. The summed E-state index contributed by atoms with van der Waals surface area (Å²) in [6.07, 6.45) is 0. The van der Waals surface area contributed by atoms with Crippen molar-refractivity contribution in [1.29, 1.82) is 0 Å². The molecule has 108 valence electrons. The van der Waals surface area contributed by atoms with Gasteiger partial charge in [0, 0.05) is 11.0 Å². The Morgan fingerprint density at radius 3 is 2.70 bits per heavy atom. The summed E-state index contributed by atoms with van der Waals surface area (Å²) in [5.74, 6) is -1.47. The maximum Gasteiger partial charge on any atom is 0.340 e. The van der Waals surface area contributed by atoms with Gasteiger partial charge in [-0.1, -0.05) is 27.5 Å². The average molecular weight is 364 g/mol. The van der Waals surface area contributed by atoms with Gasteiger partial charge in [0.15, 0.2) is 6.61 Å². The fourth-order valence-corrected chi connectivity index (χ4v) is 1.79. The van der Waals surface area contributed by atoms with Crippen molar-refractivity contribution >= 4 is 45.4 Å². The van der Waals surface area contributed by atoms with Gasteiger partial charge in [-0.3, -0.25) is 10.1 Å². The molecular formula is C12H12BrClN2O4. The second kappa shape index (κ2) is 7.86. The van der Waals surface area contributed by atoms with Crippen LogP contribution in [0.25, 0.3) is 0 Å². The van der Waals surface area contributed by atoms with E-state index in [9.17, 15) is 14.4 Å². The van der Waals surface area contributed by atoms with Gasteiger partial charge in [-0.15, -0.1) is 0 Å². The van der Waals surface area contributed by atoms with E-state index < -0.39 is 24.5 Å². The lowest BCUT2D eigenvalue weighted by Gasteiger charge is -2.07. The normalized spacial score (nSPS) is 9.75. The Morgan fingerprint density at radius 2 is 2.05 bits per heavy atom. The molecule has 1 aromatic carbocycles. The molecule has 0 aliphatic rings. The minimum atomic E-state index is -0.748. The van der Waals surface area contributed by atoms with Crippen LogP contribution >= 0.6 is 27.5 Å². The van der Waals surface area contributed by atoms with Crippen LogP contribution in [-0.2, 0) is 9.53 Å². The van der Waals surface area contributed by atoms with E-state index in [4.69, 9.17) is 16.3 Å². The number of hydrogen-bond acceptors (Lipinski definition) is 4. The van der Waals surface area contributed by atoms with Gasteiger partial charge in [0.1, 0.15) is 0 Å². The monoisotopic (exact) mass is 362 g/mol. The van der Waals surface area contributed by atoms with Crippen molar-refractivity contribution in [3.63, 3.8) is 0 Å². The molecule has 0 aliphatic heterocycles. The minimum absolute atomic E-state index is 0.131. The fraction of sp³-hybridized carbons (Fsp3) is 0.250. The number of ether oxygens (including phenoxy) is 1. The molecule has 0 fully saturated rings. The Morgan fingerprint density at radius 1 is 1.35 bits per heavy atom. The summed E-state index contributed by atoms with van der Waals surface area (Å²) in [4.78, 5) is 34.1. The number of halogens is 2. The van der Waals surface area contributed by atoms with Gasteiger partial charge in [-0.2, -0.15) is 0 Å². The highest BCUT2D eigenvalue weighted by Gasteiger charge is 2.15. The topological polar surface area (TPSA) is 84.5 Å². The minimum Gasteiger partial charge on any atom is -0.452 e. The molecule has 0 saturated carbocycles. The summed E-state index contributed by atoms with van der Waals surface area (Å²) in [6.45, 7) is 1.52. The number of imide groups is 1. The molecule has 6 nitrogen and oxygen atoms in total. The van der Waals surface area contributed by atoms with Crippen LogP contribution in [0.4, 0.5) is 4.79 Å². The smallest absolute Gasteiger partial charge is 0.340 e. The predicted molar refractivity (Wildman–Crippen MR) is 76.6 cm³/mol. The Hall–Kier alpha value is -1.60. The van der Waals surface area contributed by atoms with E-state index in [0.29, 0.717) is 11.0 Å². The molecule has 2 N–H and O–H groups in total. The number of benzene rings is 1. The summed E-state index contributed by atoms with van der Waals surface area (Å²) in [5, 5.41) is 4.59. The molecule has 8 heteroatoms. The van der Waals surface area contributed by atoms with E-state index in [1.54, 1.807) is 13.0 Å². The van der Waals surface area contributed by atoms with Crippen LogP contribution in [0.1, 0.15) is 17.3 Å². The number of rotatable bonds is 4. The number of nitrogens with one attached hydrogen (secondary N) is 2. The first-order valence-electron chi connectivity index (χ1n) is 5.64. The quantitative estimate of drug-likeness (QED) is 0.802. The lowest BCUT2D eigenvalue weighted by atomic mass is 10.2. The standard InChI is InChI=1S/C12H12BrClN2O4/c1-2-15-12(19)16-10(17)6-20-11(18)8-5-7(13)3-4-9(8)14/h3-5H,2,6H2,1H3,(H2,15,16,17,19). The lowest BCUT2D eigenvalue weighted by Crippen LogP contribution is -2.41. The number of carbonyl (C=O) groups excluding carboxylic acids is 3. The summed E-state index contributed by atoms with van der Waals surface area (Å²) in [7, 11) is 0. The maximum atomic E-state index is 11.7.